The van der Waals surface area contributed by atoms with Crippen LogP contribution in [-0.2, 0) is 10.0 Å². The van der Waals surface area contributed by atoms with E-state index in [1.165, 1.54) is 23.5 Å². The second kappa shape index (κ2) is 9.21. The van der Waals surface area contributed by atoms with E-state index in [1.54, 1.807) is 36.4 Å². The number of amides is 1. The van der Waals surface area contributed by atoms with Crippen LogP contribution in [-0.4, -0.2) is 40.5 Å². The molecular formula is C19H24ClN3O3S. The number of carbonyl (C=O) groups is 1. The molecule has 2 N–H and O–H groups in total. The number of sulfonamides is 1. The highest BCUT2D eigenvalue weighted by Crippen LogP contribution is 2.21. The number of para-hydroxylation sites is 1. The van der Waals surface area contributed by atoms with E-state index in [-0.39, 0.29) is 23.2 Å². The third kappa shape index (κ3) is 5.00. The molecule has 0 aromatic heterocycles. The fraction of sp³-hybridized carbons (Fsp3) is 0.316. The summed E-state index contributed by atoms with van der Waals surface area (Å²) in [5.41, 5.74) is 1.03. The van der Waals surface area contributed by atoms with Crippen LogP contribution in [0.15, 0.2) is 59.5 Å². The first-order valence-corrected chi connectivity index (χ1v) is 10.1. The molecule has 2 aromatic rings. The maximum atomic E-state index is 12.7. The lowest BCUT2D eigenvalue weighted by molar-refractivity contribution is 0.0950. The predicted molar refractivity (Wildman–Crippen MR) is 109 cm³/mol. The quantitative estimate of drug-likeness (QED) is 0.768. The molecule has 6 nitrogen and oxygen atoms in total. The van der Waals surface area contributed by atoms with Gasteiger partial charge in [0.25, 0.3) is 15.9 Å². The van der Waals surface area contributed by atoms with Gasteiger partial charge in [-0.3, -0.25) is 9.10 Å². The van der Waals surface area contributed by atoms with Gasteiger partial charge >= 0.3 is 0 Å². The molecule has 0 saturated carbocycles. The Morgan fingerprint density at radius 1 is 1.15 bits per heavy atom. The number of nitrogens with zero attached hydrogens (tertiary/aromatic N) is 1. The molecule has 1 unspecified atom stereocenters. The van der Waals surface area contributed by atoms with Crippen LogP contribution in [0.2, 0.25) is 0 Å². The number of rotatable bonds is 6. The molecule has 0 radical (unpaired) electrons. The molecule has 2 aromatic carbocycles. The van der Waals surface area contributed by atoms with Gasteiger partial charge in [0.1, 0.15) is 0 Å². The summed E-state index contributed by atoms with van der Waals surface area (Å²) in [6, 6.07) is 15.2. The molecule has 3 rings (SSSR count). The Morgan fingerprint density at radius 3 is 2.41 bits per heavy atom. The minimum atomic E-state index is -3.67. The molecule has 1 amide bonds. The van der Waals surface area contributed by atoms with Crippen molar-refractivity contribution in [3.05, 3.63) is 60.2 Å². The van der Waals surface area contributed by atoms with Gasteiger partial charge in [0.05, 0.1) is 10.6 Å². The van der Waals surface area contributed by atoms with Crippen molar-refractivity contribution in [2.24, 2.45) is 0 Å². The van der Waals surface area contributed by atoms with Gasteiger partial charge < -0.3 is 10.6 Å². The van der Waals surface area contributed by atoms with Crippen LogP contribution in [0.1, 0.15) is 23.2 Å². The van der Waals surface area contributed by atoms with Crippen LogP contribution >= 0.6 is 12.4 Å². The van der Waals surface area contributed by atoms with Crippen LogP contribution in [0.4, 0.5) is 5.69 Å². The first kappa shape index (κ1) is 21.2. The van der Waals surface area contributed by atoms with E-state index >= 15 is 0 Å². The van der Waals surface area contributed by atoms with Crippen molar-refractivity contribution in [2.45, 2.75) is 23.8 Å². The number of anilines is 1. The highest BCUT2D eigenvalue weighted by atomic mass is 35.5. The monoisotopic (exact) mass is 409 g/mol. The molecule has 0 bridgehead atoms. The first-order chi connectivity index (χ1) is 12.5. The van der Waals surface area contributed by atoms with E-state index in [4.69, 9.17) is 0 Å². The van der Waals surface area contributed by atoms with Crippen molar-refractivity contribution < 1.29 is 13.2 Å². The predicted octanol–water partition coefficient (Wildman–Crippen LogP) is 2.42. The molecule has 146 valence electrons. The Labute approximate surface area is 166 Å². The fourth-order valence-corrected chi connectivity index (χ4v) is 4.16. The van der Waals surface area contributed by atoms with Crippen molar-refractivity contribution >= 4 is 34.0 Å². The molecular weight excluding hydrogens is 386 g/mol. The standard InChI is InChI=1S/C19H23N3O3S.ClH/c1-22(17-7-3-2-4-8-17)26(24,25)18-11-9-15(10-12-18)19(23)21-14-16-6-5-13-20-16;/h2-4,7-12,16,20H,5-6,13-14H2,1H3,(H,21,23);1H. The maximum absolute atomic E-state index is 12.7. The van der Waals surface area contributed by atoms with Crippen molar-refractivity contribution in [2.75, 3.05) is 24.4 Å². The summed E-state index contributed by atoms with van der Waals surface area (Å²) < 4.78 is 26.7. The lowest BCUT2D eigenvalue weighted by atomic mass is 10.2. The molecule has 0 aliphatic carbocycles. The number of halogens is 1. The van der Waals surface area contributed by atoms with E-state index in [0.29, 0.717) is 23.8 Å². The SMILES string of the molecule is CN(c1ccccc1)S(=O)(=O)c1ccc(C(=O)NCC2CCCN2)cc1.Cl. The van der Waals surface area contributed by atoms with E-state index < -0.39 is 10.0 Å². The highest BCUT2D eigenvalue weighted by Gasteiger charge is 2.21. The highest BCUT2D eigenvalue weighted by molar-refractivity contribution is 7.92. The van der Waals surface area contributed by atoms with Crippen LogP contribution in [0.5, 0.6) is 0 Å². The third-order valence-electron chi connectivity index (χ3n) is 4.57. The van der Waals surface area contributed by atoms with Gasteiger partial charge in [0, 0.05) is 25.2 Å². The summed E-state index contributed by atoms with van der Waals surface area (Å²) in [7, 11) is -2.15. The lowest BCUT2D eigenvalue weighted by Crippen LogP contribution is -2.37. The Kier molecular flexibility index (Phi) is 7.24. The van der Waals surface area contributed by atoms with Gasteiger partial charge in [-0.2, -0.15) is 0 Å². The molecule has 8 heteroatoms. The summed E-state index contributed by atoms with van der Waals surface area (Å²) >= 11 is 0. The summed E-state index contributed by atoms with van der Waals surface area (Å²) in [6.45, 7) is 1.57. The maximum Gasteiger partial charge on any atom is 0.264 e. The van der Waals surface area contributed by atoms with E-state index in [0.717, 1.165) is 19.4 Å². The fourth-order valence-electron chi connectivity index (χ4n) is 2.96. The van der Waals surface area contributed by atoms with Crippen molar-refractivity contribution in [3.8, 4) is 0 Å². The third-order valence-corrected chi connectivity index (χ3v) is 6.37. The lowest BCUT2D eigenvalue weighted by Gasteiger charge is -2.19. The van der Waals surface area contributed by atoms with Crippen molar-refractivity contribution in [1.82, 2.24) is 10.6 Å². The number of hydrogen-bond acceptors (Lipinski definition) is 4. The minimum Gasteiger partial charge on any atom is -0.350 e. The average molecular weight is 410 g/mol. The number of hydrogen-bond donors (Lipinski definition) is 2. The molecule has 1 heterocycles. The van der Waals surface area contributed by atoms with Gasteiger partial charge in [-0.25, -0.2) is 8.42 Å². The minimum absolute atomic E-state index is 0. The van der Waals surface area contributed by atoms with E-state index in [1.807, 2.05) is 6.07 Å². The van der Waals surface area contributed by atoms with Crippen molar-refractivity contribution in [3.63, 3.8) is 0 Å². The zero-order valence-corrected chi connectivity index (χ0v) is 16.7. The second-order valence-electron chi connectivity index (χ2n) is 6.34. The van der Waals surface area contributed by atoms with Gasteiger partial charge in [-0.1, -0.05) is 18.2 Å². The van der Waals surface area contributed by atoms with Gasteiger partial charge in [-0.05, 0) is 55.8 Å². The Hall–Kier alpha value is -2.09. The average Bonchev–Trinajstić information content (AvgIpc) is 3.20. The van der Waals surface area contributed by atoms with E-state index in [2.05, 4.69) is 10.6 Å². The summed E-state index contributed by atoms with van der Waals surface area (Å²) in [6.07, 6.45) is 2.19. The molecule has 1 saturated heterocycles. The van der Waals surface area contributed by atoms with Gasteiger partial charge in [0.15, 0.2) is 0 Å². The molecule has 0 spiro atoms. The van der Waals surface area contributed by atoms with Crippen LogP contribution in [0, 0.1) is 0 Å². The molecule has 1 aliphatic rings. The van der Waals surface area contributed by atoms with Gasteiger partial charge in [-0.15, -0.1) is 12.4 Å². The molecule has 1 fully saturated rings. The summed E-state index contributed by atoms with van der Waals surface area (Å²) in [4.78, 5) is 12.4. The second-order valence-corrected chi connectivity index (χ2v) is 8.31. The largest absolute Gasteiger partial charge is 0.350 e. The van der Waals surface area contributed by atoms with Crippen LogP contribution in [0.3, 0.4) is 0 Å². The zero-order valence-electron chi connectivity index (χ0n) is 15.1. The van der Waals surface area contributed by atoms with Crippen molar-refractivity contribution in [1.29, 1.82) is 0 Å². The Morgan fingerprint density at radius 2 is 1.81 bits per heavy atom. The Balaban J connectivity index is 0.00000261. The molecule has 1 aliphatic heterocycles. The molecule has 27 heavy (non-hydrogen) atoms. The van der Waals surface area contributed by atoms with Crippen LogP contribution < -0.4 is 14.9 Å². The first-order valence-electron chi connectivity index (χ1n) is 8.64. The van der Waals surface area contributed by atoms with Gasteiger partial charge in [0.2, 0.25) is 0 Å². The molecule has 1 atom stereocenters. The van der Waals surface area contributed by atoms with Crippen LogP contribution in [0.25, 0.3) is 0 Å². The normalized spacial score (nSPS) is 16.4. The Bertz CT molecular complexity index is 852. The number of carbonyl (C=O) groups excluding carboxylic acids is 1. The number of benzene rings is 2. The topological polar surface area (TPSA) is 78.5 Å². The summed E-state index contributed by atoms with van der Waals surface area (Å²) in [5, 5.41) is 6.21. The summed E-state index contributed by atoms with van der Waals surface area (Å²) in [5.74, 6) is -0.195. The zero-order chi connectivity index (χ0) is 18.6. The smallest absolute Gasteiger partial charge is 0.264 e. The van der Waals surface area contributed by atoms with E-state index in [9.17, 15) is 13.2 Å². The number of nitrogens with one attached hydrogen (secondary N) is 2.